The van der Waals surface area contributed by atoms with E-state index in [9.17, 15) is 9.59 Å². The van der Waals surface area contributed by atoms with Crippen molar-refractivity contribution in [2.75, 3.05) is 7.05 Å². The third-order valence-electron chi connectivity index (χ3n) is 2.49. The zero-order valence-corrected chi connectivity index (χ0v) is 9.17. The zero-order valence-electron chi connectivity index (χ0n) is 9.17. The van der Waals surface area contributed by atoms with Crippen LogP contribution in [0, 0.1) is 0 Å². The number of carbonyl (C=O) groups is 2. The van der Waals surface area contributed by atoms with Crippen LogP contribution in [0.25, 0.3) is 0 Å². The standard InChI is InChI=1S/C12H15NO3/c1-13(9-14)11(12(15)16)8-7-10-5-3-2-4-6-10/h2-6,9,11H,7-8H2,1H3,(H,15,16). The average molecular weight is 221 g/mol. The fourth-order valence-corrected chi connectivity index (χ4v) is 1.52. The molecule has 0 saturated carbocycles. The number of hydrogen-bond acceptors (Lipinski definition) is 2. The van der Waals surface area contributed by atoms with Gasteiger partial charge in [-0.25, -0.2) is 4.79 Å². The summed E-state index contributed by atoms with van der Waals surface area (Å²) >= 11 is 0. The average Bonchev–Trinajstić information content (AvgIpc) is 2.30. The van der Waals surface area contributed by atoms with Gasteiger partial charge in [0.15, 0.2) is 0 Å². The Hall–Kier alpha value is -1.84. The first-order chi connectivity index (χ1) is 7.65. The minimum absolute atomic E-state index is 0.425. The highest BCUT2D eigenvalue weighted by molar-refractivity contribution is 5.76. The molecule has 0 heterocycles. The normalized spacial score (nSPS) is 11.8. The van der Waals surface area contributed by atoms with Gasteiger partial charge in [0.05, 0.1) is 0 Å². The van der Waals surface area contributed by atoms with Crippen molar-refractivity contribution in [3.8, 4) is 0 Å². The smallest absolute Gasteiger partial charge is 0.326 e. The van der Waals surface area contributed by atoms with Crippen molar-refractivity contribution in [1.82, 2.24) is 4.90 Å². The summed E-state index contributed by atoms with van der Waals surface area (Å²) in [5.41, 5.74) is 1.08. The van der Waals surface area contributed by atoms with Gasteiger partial charge in [-0.15, -0.1) is 0 Å². The van der Waals surface area contributed by atoms with Gasteiger partial charge in [-0.2, -0.15) is 0 Å². The van der Waals surface area contributed by atoms with E-state index in [-0.39, 0.29) is 0 Å². The Morgan fingerprint density at radius 1 is 1.44 bits per heavy atom. The van der Waals surface area contributed by atoms with E-state index in [0.717, 1.165) is 5.56 Å². The van der Waals surface area contributed by atoms with E-state index in [1.54, 1.807) is 0 Å². The van der Waals surface area contributed by atoms with Gasteiger partial charge < -0.3 is 10.0 Å². The second-order valence-electron chi connectivity index (χ2n) is 3.65. The van der Waals surface area contributed by atoms with Crippen molar-refractivity contribution in [2.45, 2.75) is 18.9 Å². The molecule has 1 unspecified atom stereocenters. The molecule has 4 nitrogen and oxygen atoms in total. The van der Waals surface area contributed by atoms with Crippen LogP contribution in [0.2, 0.25) is 0 Å². The number of hydrogen-bond donors (Lipinski definition) is 1. The van der Waals surface area contributed by atoms with Crippen molar-refractivity contribution in [3.63, 3.8) is 0 Å². The molecule has 0 spiro atoms. The first-order valence-corrected chi connectivity index (χ1v) is 5.09. The number of benzene rings is 1. The van der Waals surface area contributed by atoms with Gasteiger partial charge in [0.25, 0.3) is 0 Å². The summed E-state index contributed by atoms with van der Waals surface area (Å²) in [6.07, 6.45) is 1.62. The highest BCUT2D eigenvalue weighted by atomic mass is 16.4. The Morgan fingerprint density at radius 3 is 2.56 bits per heavy atom. The van der Waals surface area contributed by atoms with Gasteiger partial charge in [0.2, 0.25) is 6.41 Å². The molecule has 1 aromatic carbocycles. The third-order valence-corrected chi connectivity index (χ3v) is 2.49. The molecular weight excluding hydrogens is 206 g/mol. The molecule has 1 rings (SSSR count). The maximum Gasteiger partial charge on any atom is 0.326 e. The zero-order chi connectivity index (χ0) is 12.0. The highest BCUT2D eigenvalue weighted by Crippen LogP contribution is 2.08. The van der Waals surface area contributed by atoms with Crippen LogP contribution in [0.3, 0.4) is 0 Å². The summed E-state index contributed by atoms with van der Waals surface area (Å²) < 4.78 is 0. The lowest BCUT2D eigenvalue weighted by Gasteiger charge is -2.20. The molecule has 1 N–H and O–H groups in total. The summed E-state index contributed by atoms with van der Waals surface area (Å²) in [5.74, 6) is -0.967. The summed E-state index contributed by atoms with van der Waals surface area (Å²) in [4.78, 5) is 22.6. The lowest BCUT2D eigenvalue weighted by Crippen LogP contribution is -2.37. The van der Waals surface area contributed by atoms with Crippen molar-refractivity contribution >= 4 is 12.4 Å². The molecular formula is C12H15NO3. The van der Waals surface area contributed by atoms with Crippen LogP contribution in [0.1, 0.15) is 12.0 Å². The van der Waals surface area contributed by atoms with Crippen LogP contribution in [-0.2, 0) is 16.0 Å². The number of carboxylic acids is 1. The molecule has 0 aliphatic heterocycles. The van der Waals surface area contributed by atoms with Gasteiger partial charge in [0, 0.05) is 7.05 Å². The molecule has 0 fully saturated rings. The van der Waals surface area contributed by atoms with E-state index >= 15 is 0 Å². The molecule has 16 heavy (non-hydrogen) atoms. The van der Waals surface area contributed by atoms with Crippen molar-refractivity contribution in [3.05, 3.63) is 35.9 Å². The Labute approximate surface area is 94.5 Å². The van der Waals surface area contributed by atoms with Crippen LogP contribution < -0.4 is 0 Å². The Morgan fingerprint density at radius 2 is 2.06 bits per heavy atom. The molecule has 0 bridgehead atoms. The van der Waals surface area contributed by atoms with Crippen LogP contribution >= 0.6 is 0 Å². The second kappa shape index (κ2) is 5.90. The fourth-order valence-electron chi connectivity index (χ4n) is 1.52. The molecule has 4 heteroatoms. The lowest BCUT2D eigenvalue weighted by atomic mass is 10.0. The van der Waals surface area contributed by atoms with E-state index in [4.69, 9.17) is 5.11 Å². The number of rotatable bonds is 6. The van der Waals surface area contributed by atoms with Crippen LogP contribution in [0.4, 0.5) is 0 Å². The topological polar surface area (TPSA) is 57.6 Å². The van der Waals surface area contributed by atoms with Gasteiger partial charge in [-0.1, -0.05) is 30.3 Å². The summed E-state index contributed by atoms with van der Waals surface area (Å²) in [6.45, 7) is 0. The number of nitrogens with zero attached hydrogens (tertiary/aromatic N) is 1. The van der Waals surface area contributed by atoms with Gasteiger partial charge in [-0.05, 0) is 18.4 Å². The van der Waals surface area contributed by atoms with E-state index in [1.165, 1.54) is 11.9 Å². The van der Waals surface area contributed by atoms with E-state index in [1.807, 2.05) is 30.3 Å². The van der Waals surface area contributed by atoms with Gasteiger partial charge in [0.1, 0.15) is 6.04 Å². The number of carbonyl (C=O) groups excluding carboxylic acids is 1. The number of aryl methyl sites for hydroxylation is 1. The summed E-state index contributed by atoms with van der Waals surface area (Å²) in [6, 6.07) is 8.87. The number of likely N-dealkylation sites (N-methyl/N-ethyl adjacent to an activating group) is 1. The minimum atomic E-state index is -0.967. The maximum atomic E-state index is 10.9. The predicted molar refractivity (Wildman–Crippen MR) is 60.0 cm³/mol. The monoisotopic (exact) mass is 221 g/mol. The van der Waals surface area contributed by atoms with Gasteiger partial charge in [-0.3, -0.25) is 4.79 Å². The largest absolute Gasteiger partial charge is 0.480 e. The van der Waals surface area contributed by atoms with Crippen molar-refractivity contribution in [2.24, 2.45) is 0 Å². The molecule has 0 radical (unpaired) electrons. The van der Waals surface area contributed by atoms with E-state index in [0.29, 0.717) is 19.3 Å². The first kappa shape index (κ1) is 12.2. The third kappa shape index (κ3) is 3.38. The number of carboxylic acid groups (broad SMARTS) is 1. The van der Waals surface area contributed by atoms with Crippen molar-refractivity contribution < 1.29 is 14.7 Å². The Balaban J connectivity index is 2.57. The predicted octanol–water partition coefficient (Wildman–Crippen LogP) is 1.16. The minimum Gasteiger partial charge on any atom is -0.480 e. The Bertz CT molecular complexity index is 351. The van der Waals surface area contributed by atoms with Gasteiger partial charge >= 0.3 is 5.97 Å². The number of aliphatic carboxylic acids is 1. The van der Waals surface area contributed by atoms with E-state index in [2.05, 4.69) is 0 Å². The quantitative estimate of drug-likeness (QED) is 0.733. The highest BCUT2D eigenvalue weighted by Gasteiger charge is 2.20. The van der Waals surface area contributed by atoms with Crippen LogP contribution in [-0.4, -0.2) is 35.5 Å². The summed E-state index contributed by atoms with van der Waals surface area (Å²) in [5, 5.41) is 8.95. The second-order valence-corrected chi connectivity index (χ2v) is 3.65. The lowest BCUT2D eigenvalue weighted by molar-refractivity contribution is -0.145. The number of amides is 1. The van der Waals surface area contributed by atoms with Crippen molar-refractivity contribution in [1.29, 1.82) is 0 Å². The van der Waals surface area contributed by atoms with Crippen LogP contribution in [0.15, 0.2) is 30.3 Å². The molecule has 0 aromatic heterocycles. The maximum absolute atomic E-state index is 10.9. The Kier molecular flexibility index (Phi) is 4.51. The molecule has 0 aliphatic rings. The molecule has 1 amide bonds. The molecule has 86 valence electrons. The summed E-state index contributed by atoms with van der Waals surface area (Å²) in [7, 11) is 1.48. The molecule has 0 saturated heterocycles. The SMILES string of the molecule is CN(C=O)C(CCc1ccccc1)C(=O)O. The first-order valence-electron chi connectivity index (χ1n) is 5.09. The molecule has 0 aliphatic carbocycles. The van der Waals surface area contributed by atoms with Crippen LogP contribution in [0.5, 0.6) is 0 Å². The fraction of sp³-hybridized carbons (Fsp3) is 0.333. The molecule has 1 atom stereocenters. The van der Waals surface area contributed by atoms with E-state index < -0.39 is 12.0 Å². The molecule has 1 aromatic rings.